The number of carbonyl (C=O) groups is 3. The molecule has 7 unspecified atom stereocenters. The van der Waals surface area contributed by atoms with Gasteiger partial charge in [0, 0.05) is 32.0 Å². The van der Waals surface area contributed by atoms with E-state index in [-0.39, 0.29) is 60.1 Å². The number of rotatable bonds is 8. The summed E-state index contributed by atoms with van der Waals surface area (Å²) in [6, 6.07) is 1.80. The highest BCUT2D eigenvalue weighted by molar-refractivity contribution is 8.00. The van der Waals surface area contributed by atoms with Gasteiger partial charge in [0.25, 0.3) is 5.91 Å². The number of benzene rings is 1. The first-order valence-electron chi connectivity index (χ1n) is 16.2. The second kappa shape index (κ2) is 18.4. The van der Waals surface area contributed by atoms with Crippen LogP contribution < -0.4 is 5.32 Å². The molecule has 16 heteroatoms. The van der Waals surface area contributed by atoms with Gasteiger partial charge in [-0.2, -0.15) is 0 Å². The first-order valence-corrected chi connectivity index (χ1v) is 17.3. The van der Waals surface area contributed by atoms with Crippen molar-refractivity contribution in [3.05, 3.63) is 47.6 Å². The second-order valence-electron chi connectivity index (χ2n) is 12.2. The smallest absolute Gasteiger partial charge is 0.342 e. The van der Waals surface area contributed by atoms with E-state index in [9.17, 15) is 45.0 Å². The summed E-state index contributed by atoms with van der Waals surface area (Å²) in [5.41, 5.74) is -0.744. The fourth-order valence-electron chi connectivity index (χ4n) is 5.64. The van der Waals surface area contributed by atoms with Gasteiger partial charge in [0.2, 0.25) is 5.91 Å². The van der Waals surface area contributed by atoms with Crippen LogP contribution in [-0.2, 0) is 30.3 Å². The molecule has 49 heavy (non-hydrogen) atoms. The van der Waals surface area contributed by atoms with E-state index < -0.39 is 66.2 Å². The molecule has 7 atom stereocenters. The molecule has 0 radical (unpaired) electrons. The normalized spacial score (nSPS) is 29.1. The number of oxime groups is 1. The lowest BCUT2D eigenvalue weighted by atomic mass is 9.99. The number of phenolic OH excluding ortho intramolecular Hbond substituents is 2. The van der Waals surface area contributed by atoms with Crippen LogP contribution >= 0.6 is 11.8 Å². The number of piperidine rings is 1. The molecule has 3 aliphatic rings. The predicted octanol–water partition coefficient (Wildman–Crippen LogP) is 0.495. The minimum absolute atomic E-state index is 0.0855. The summed E-state index contributed by atoms with van der Waals surface area (Å²) in [4.78, 5) is 45.9. The quantitative estimate of drug-likeness (QED) is 0.111. The molecular weight excluding hydrogens is 662 g/mol. The number of carbonyl (C=O) groups excluding carboxylic acids is 3. The van der Waals surface area contributed by atoms with Crippen LogP contribution in [0.25, 0.3) is 0 Å². The number of aliphatic hydroxyl groups is 4. The second-order valence-corrected chi connectivity index (χ2v) is 13.3. The molecule has 3 aliphatic heterocycles. The number of fused-ring (bicyclic) bond motifs is 1. The zero-order valence-electron chi connectivity index (χ0n) is 27.2. The minimum Gasteiger partial charge on any atom is -0.508 e. The van der Waals surface area contributed by atoms with Crippen molar-refractivity contribution < 1.29 is 59.3 Å². The van der Waals surface area contributed by atoms with Crippen molar-refractivity contribution >= 4 is 35.3 Å². The van der Waals surface area contributed by atoms with E-state index >= 15 is 0 Å². The van der Waals surface area contributed by atoms with Gasteiger partial charge < -0.3 is 55.2 Å². The molecule has 0 aliphatic carbocycles. The van der Waals surface area contributed by atoms with Crippen molar-refractivity contribution in [3.63, 3.8) is 0 Å². The van der Waals surface area contributed by atoms with Crippen LogP contribution in [-0.4, -0.2) is 133 Å². The Kier molecular flexibility index (Phi) is 14.3. The van der Waals surface area contributed by atoms with Crippen LogP contribution in [0.2, 0.25) is 0 Å². The van der Waals surface area contributed by atoms with Crippen LogP contribution in [0.5, 0.6) is 11.5 Å². The van der Waals surface area contributed by atoms with Crippen molar-refractivity contribution in [2.45, 2.75) is 87.4 Å². The molecule has 270 valence electrons. The van der Waals surface area contributed by atoms with Gasteiger partial charge in [-0.05, 0) is 50.3 Å². The van der Waals surface area contributed by atoms with Crippen molar-refractivity contribution in [3.8, 4) is 11.5 Å². The van der Waals surface area contributed by atoms with Crippen molar-refractivity contribution in [2.75, 3.05) is 32.1 Å². The number of nitrogens with one attached hydrogen (secondary N) is 1. The van der Waals surface area contributed by atoms with Crippen molar-refractivity contribution in [2.24, 2.45) is 5.16 Å². The Morgan fingerprint density at radius 1 is 1.06 bits per heavy atom. The van der Waals surface area contributed by atoms with Gasteiger partial charge in [0.15, 0.2) is 6.61 Å². The molecular formula is C33H45N3O12S. The fraction of sp³-hybridized carbons (Fsp3) is 0.576. The number of aliphatic hydroxyl groups excluding tert-OH is 4. The molecule has 2 amide bonds. The van der Waals surface area contributed by atoms with E-state index in [4.69, 9.17) is 14.3 Å². The number of phenols is 2. The van der Waals surface area contributed by atoms with E-state index in [1.165, 1.54) is 6.07 Å². The van der Waals surface area contributed by atoms with Crippen LogP contribution in [0.15, 0.2) is 41.6 Å². The maximum absolute atomic E-state index is 13.2. The lowest BCUT2D eigenvalue weighted by Gasteiger charge is -2.39. The lowest BCUT2D eigenvalue weighted by molar-refractivity contribution is -0.205. The van der Waals surface area contributed by atoms with Crippen molar-refractivity contribution in [1.82, 2.24) is 10.2 Å². The summed E-state index contributed by atoms with van der Waals surface area (Å²) in [6.07, 6.45) is 3.85. The molecule has 1 aromatic carbocycles. The third-order valence-corrected chi connectivity index (χ3v) is 9.40. The number of nitrogens with zero attached hydrogens (tertiary/aromatic N) is 2. The number of esters is 1. The Bertz CT molecular complexity index is 1400. The van der Waals surface area contributed by atoms with E-state index in [1.807, 2.05) is 0 Å². The molecule has 0 bridgehead atoms. The molecule has 2 fully saturated rings. The Balaban J connectivity index is 1.50. The standard InChI is InChI=1S/C33H45N3O12S/c1-19-7-5-8-21(34-26(40)18-49-33-31(44)30(43)29(42)25(16-37)48-33)9-6-10-22(35-46-17-27(41)36-11-3-2-4-12-36)13-20-14-23(38)15-24(39)28(20)32(45)47-19/h5-6,8,10,14-15,19,21,25,29-31,33,37-39,42-44H,2-4,7,9,11-13,16-18H2,1H3,(H,34,40). The van der Waals surface area contributed by atoms with Crippen LogP contribution in [0, 0.1) is 0 Å². The number of hydrogen-bond acceptors (Lipinski definition) is 14. The van der Waals surface area contributed by atoms with E-state index in [0.717, 1.165) is 37.1 Å². The summed E-state index contributed by atoms with van der Waals surface area (Å²) in [7, 11) is 0. The average molecular weight is 708 g/mol. The number of likely N-dealkylation sites (tertiary alicyclic amines) is 1. The summed E-state index contributed by atoms with van der Waals surface area (Å²) < 4.78 is 11.0. The Morgan fingerprint density at radius 3 is 2.55 bits per heavy atom. The highest BCUT2D eigenvalue weighted by Gasteiger charge is 2.43. The molecule has 1 aromatic rings. The zero-order chi connectivity index (χ0) is 35.5. The highest BCUT2D eigenvalue weighted by atomic mass is 32.2. The molecule has 7 N–H and O–H groups in total. The maximum atomic E-state index is 13.2. The van der Waals surface area contributed by atoms with Gasteiger partial charge in [-0.1, -0.05) is 23.4 Å². The summed E-state index contributed by atoms with van der Waals surface area (Å²) in [5.74, 6) is -2.39. The number of hydrogen-bond donors (Lipinski definition) is 7. The number of aromatic hydroxyl groups is 2. The van der Waals surface area contributed by atoms with Gasteiger partial charge >= 0.3 is 5.97 Å². The topological polar surface area (TPSA) is 228 Å². The molecule has 3 heterocycles. The number of amides is 2. The van der Waals surface area contributed by atoms with Crippen LogP contribution in [0.3, 0.4) is 0 Å². The molecule has 4 rings (SSSR count). The van der Waals surface area contributed by atoms with E-state index in [1.54, 1.807) is 36.1 Å². The lowest BCUT2D eigenvalue weighted by Crippen LogP contribution is -2.57. The molecule has 15 nitrogen and oxygen atoms in total. The zero-order valence-corrected chi connectivity index (χ0v) is 28.0. The highest BCUT2D eigenvalue weighted by Crippen LogP contribution is 2.30. The van der Waals surface area contributed by atoms with Gasteiger partial charge in [0.1, 0.15) is 53.0 Å². The largest absolute Gasteiger partial charge is 0.508 e. The number of allylic oxidation sites excluding steroid dienone is 1. The van der Waals surface area contributed by atoms with Crippen LogP contribution in [0.1, 0.15) is 54.9 Å². The third-order valence-electron chi connectivity index (χ3n) is 8.26. The van der Waals surface area contributed by atoms with E-state index in [0.29, 0.717) is 13.1 Å². The summed E-state index contributed by atoms with van der Waals surface area (Å²) in [5, 5.41) is 67.6. The van der Waals surface area contributed by atoms with Gasteiger partial charge in [0.05, 0.1) is 24.1 Å². The summed E-state index contributed by atoms with van der Waals surface area (Å²) in [6.45, 7) is 2.07. The Hall–Kier alpha value is -3.67. The Morgan fingerprint density at radius 2 is 1.82 bits per heavy atom. The first-order chi connectivity index (χ1) is 23.5. The van der Waals surface area contributed by atoms with Gasteiger partial charge in [-0.3, -0.25) is 9.59 Å². The Labute approximate surface area is 288 Å². The van der Waals surface area contributed by atoms with Crippen molar-refractivity contribution in [1.29, 1.82) is 0 Å². The molecule has 0 spiro atoms. The summed E-state index contributed by atoms with van der Waals surface area (Å²) >= 11 is 0.900. The molecule has 0 aromatic heterocycles. The van der Waals surface area contributed by atoms with Gasteiger partial charge in [-0.25, -0.2) is 4.79 Å². The monoisotopic (exact) mass is 707 g/mol. The maximum Gasteiger partial charge on any atom is 0.342 e. The predicted molar refractivity (Wildman–Crippen MR) is 178 cm³/mol. The molecule has 2 saturated heterocycles. The number of cyclic esters (lactones) is 1. The minimum atomic E-state index is -1.56. The third kappa shape index (κ3) is 10.9. The average Bonchev–Trinajstić information content (AvgIpc) is 3.06. The number of thioether (sulfide) groups is 1. The number of ether oxygens (including phenoxy) is 2. The SMILES string of the molecule is CC1CC=CC(NC(=O)CSC2OC(CO)C(O)C(O)C2O)CC=CC(=NOCC(=O)N2CCCCC2)Cc2cc(O)cc(O)c2C(=O)O1. The van der Waals surface area contributed by atoms with E-state index in [2.05, 4.69) is 10.5 Å². The molecule has 0 saturated carbocycles. The first kappa shape index (κ1) is 38.1. The van der Waals surface area contributed by atoms with Gasteiger partial charge in [-0.15, -0.1) is 11.8 Å². The van der Waals surface area contributed by atoms with Crippen LogP contribution in [0.4, 0.5) is 0 Å². The fourth-order valence-corrected chi connectivity index (χ4v) is 6.62.